The number of pyridine rings is 1. The van der Waals surface area contributed by atoms with Gasteiger partial charge in [-0.2, -0.15) is 5.10 Å². The van der Waals surface area contributed by atoms with Gasteiger partial charge in [-0.05, 0) is 34.1 Å². The lowest BCUT2D eigenvalue weighted by Crippen LogP contribution is -2.11. The second kappa shape index (κ2) is 5.57. The molecule has 0 atom stereocenters. The van der Waals surface area contributed by atoms with Crippen LogP contribution in [0.15, 0.2) is 53.3 Å². The predicted molar refractivity (Wildman–Crippen MR) is 83.8 cm³/mol. The SMILES string of the molecule is COc1cc(Br)cn2ncc(NC(=O)c3ccccc3)c12. The molecule has 5 nitrogen and oxygen atoms in total. The fraction of sp³-hybridized carbons (Fsp3) is 0.0667. The van der Waals surface area contributed by atoms with Gasteiger partial charge in [-0.1, -0.05) is 18.2 Å². The first-order valence-corrected chi connectivity index (χ1v) is 7.05. The lowest BCUT2D eigenvalue weighted by atomic mass is 10.2. The highest BCUT2D eigenvalue weighted by Gasteiger charge is 2.14. The number of nitrogens with zero attached hydrogens (tertiary/aromatic N) is 2. The number of hydrogen-bond acceptors (Lipinski definition) is 3. The zero-order valence-corrected chi connectivity index (χ0v) is 12.8. The van der Waals surface area contributed by atoms with E-state index in [-0.39, 0.29) is 5.91 Å². The van der Waals surface area contributed by atoms with Crippen molar-refractivity contribution in [2.75, 3.05) is 12.4 Å². The Morgan fingerprint density at radius 3 is 2.81 bits per heavy atom. The molecular weight excluding hydrogens is 334 g/mol. The molecule has 0 bridgehead atoms. The van der Waals surface area contributed by atoms with E-state index in [0.717, 1.165) is 4.47 Å². The largest absolute Gasteiger partial charge is 0.494 e. The summed E-state index contributed by atoms with van der Waals surface area (Å²) in [6, 6.07) is 10.9. The first kappa shape index (κ1) is 13.6. The number of halogens is 1. The van der Waals surface area contributed by atoms with Crippen molar-refractivity contribution in [2.45, 2.75) is 0 Å². The van der Waals surface area contributed by atoms with Crippen molar-refractivity contribution in [1.82, 2.24) is 9.61 Å². The van der Waals surface area contributed by atoms with Crippen LogP contribution >= 0.6 is 15.9 Å². The highest BCUT2D eigenvalue weighted by atomic mass is 79.9. The first-order valence-electron chi connectivity index (χ1n) is 6.26. The number of nitrogens with one attached hydrogen (secondary N) is 1. The topological polar surface area (TPSA) is 55.6 Å². The molecule has 1 amide bonds. The number of hydrogen-bond donors (Lipinski definition) is 1. The second-order valence-corrected chi connectivity index (χ2v) is 5.31. The molecule has 2 heterocycles. The van der Waals surface area contributed by atoms with Crippen LogP contribution in [0.4, 0.5) is 5.69 Å². The van der Waals surface area contributed by atoms with Crippen molar-refractivity contribution in [3.63, 3.8) is 0 Å². The summed E-state index contributed by atoms with van der Waals surface area (Å²) < 4.78 is 7.85. The van der Waals surface area contributed by atoms with E-state index >= 15 is 0 Å². The minimum atomic E-state index is -0.185. The predicted octanol–water partition coefficient (Wildman–Crippen LogP) is 3.36. The van der Waals surface area contributed by atoms with Crippen molar-refractivity contribution in [3.05, 3.63) is 58.8 Å². The van der Waals surface area contributed by atoms with Crippen LogP contribution in [0.5, 0.6) is 5.75 Å². The summed E-state index contributed by atoms with van der Waals surface area (Å²) >= 11 is 3.39. The zero-order chi connectivity index (χ0) is 14.8. The molecule has 0 aliphatic heterocycles. The van der Waals surface area contributed by atoms with Crippen LogP contribution in [0, 0.1) is 0 Å². The fourth-order valence-corrected chi connectivity index (χ4v) is 2.49. The highest BCUT2D eigenvalue weighted by Crippen LogP contribution is 2.30. The van der Waals surface area contributed by atoms with Crippen molar-refractivity contribution in [2.24, 2.45) is 0 Å². The summed E-state index contributed by atoms with van der Waals surface area (Å²) in [4.78, 5) is 12.2. The van der Waals surface area contributed by atoms with Crippen molar-refractivity contribution < 1.29 is 9.53 Å². The van der Waals surface area contributed by atoms with E-state index in [1.54, 1.807) is 36.2 Å². The minimum absolute atomic E-state index is 0.185. The standard InChI is InChI=1S/C15H12BrN3O2/c1-21-13-7-11(16)9-19-14(13)12(8-17-19)18-15(20)10-5-3-2-4-6-10/h2-9H,1H3,(H,18,20). The zero-order valence-electron chi connectivity index (χ0n) is 11.2. The molecule has 106 valence electrons. The summed E-state index contributed by atoms with van der Waals surface area (Å²) in [5.74, 6) is 0.445. The summed E-state index contributed by atoms with van der Waals surface area (Å²) in [5, 5.41) is 7.08. The first-order chi connectivity index (χ1) is 10.2. The van der Waals surface area contributed by atoms with E-state index in [1.807, 2.05) is 24.3 Å². The molecule has 1 aromatic carbocycles. The Morgan fingerprint density at radius 1 is 1.33 bits per heavy atom. The number of anilines is 1. The van der Waals surface area contributed by atoms with Crippen LogP contribution in [-0.4, -0.2) is 22.6 Å². The molecule has 2 aromatic heterocycles. The number of carbonyl (C=O) groups is 1. The summed E-state index contributed by atoms with van der Waals surface area (Å²) in [6.45, 7) is 0. The van der Waals surface area contributed by atoms with Crippen molar-refractivity contribution in [3.8, 4) is 5.75 Å². The smallest absolute Gasteiger partial charge is 0.255 e. The monoisotopic (exact) mass is 345 g/mol. The molecule has 0 aliphatic rings. The van der Waals surface area contributed by atoms with Gasteiger partial charge in [-0.3, -0.25) is 4.79 Å². The minimum Gasteiger partial charge on any atom is -0.494 e. The third-order valence-corrected chi connectivity index (χ3v) is 3.48. The summed E-state index contributed by atoms with van der Waals surface area (Å²) in [6.07, 6.45) is 3.40. The average Bonchev–Trinajstić information content (AvgIpc) is 2.90. The third kappa shape index (κ3) is 2.62. The van der Waals surface area contributed by atoms with Crippen LogP contribution in [0.25, 0.3) is 5.52 Å². The molecule has 0 radical (unpaired) electrons. The molecule has 1 N–H and O–H groups in total. The number of carbonyl (C=O) groups excluding carboxylic acids is 1. The van der Waals surface area contributed by atoms with Crippen LogP contribution < -0.4 is 10.1 Å². The molecular formula is C15H12BrN3O2. The number of rotatable bonds is 3. The van der Waals surface area contributed by atoms with Crippen LogP contribution in [0.2, 0.25) is 0 Å². The van der Waals surface area contributed by atoms with Gasteiger partial charge in [0, 0.05) is 16.2 Å². The number of amides is 1. The third-order valence-electron chi connectivity index (χ3n) is 3.05. The molecule has 3 rings (SSSR count). The Labute approximate surface area is 129 Å². The molecule has 0 saturated carbocycles. The molecule has 0 aliphatic carbocycles. The van der Waals surface area contributed by atoms with Gasteiger partial charge in [-0.25, -0.2) is 4.52 Å². The lowest BCUT2D eigenvalue weighted by molar-refractivity contribution is 0.102. The summed E-state index contributed by atoms with van der Waals surface area (Å²) in [7, 11) is 1.58. The van der Waals surface area contributed by atoms with E-state index in [2.05, 4.69) is 26.3 Å². The molecule has 3 aromatic rings. The van der Waals surface area contributed by atoms with Crippen LogP contribution in [0.3, 0.4) is 0 Å². The second-order valence-electron chi connectivity index (χ2n) is 4.40. The van der Waals surface area contributed by atoms with Crippen molar-refractivity contribution in [1.29, 1.82) is 0 Å². The van der Waals surface area contributed by atoms with Gasteiger partial charge < -0.3 is 10.1 Å². The van der Waals surface area contributed by atoms with E-state index in [1.165, 1.54) is 0 Å². The van der Waals surface area contributed by atoms with E-state index in [4.69, 9.17) is 4.74 Å². The van der Waals surface area contributed by atoms with Gasteiger partial charge in [0.2, 0.25) is 0 Å². The van der Waals surface area contributed by atoms with E-state index in [9.17, 15) is 4.79 Å². The van der Waals surface area contributed by atoms with Gasteiger partial charge in [0.1, 0.15) is 11.3 Å². The quantitative estimate of drug-likeness (QED) is 0.791. The Hall–Kier alpha value is -2.34. The number of methoxy groups -OCH3 is 1. The van der Waals surface area contributed by atoms with Gasteiger partial charge in [0.05, 0.1) is 19.0 Å². The van der Waals surface area contributed by atoms with E-state index in [0.29, 0.717) is 22.5 Å². The van der Waals surface area contributed by atoms with Crippen LogP contribution in [0.1, 0.15) is 10.4 Å². The van der Waals surface area contributed by atoms with Crippen molar-refractivity contribution >= 4 is 33.0 Å². The Kier molecular flexibility index (Phi) is 3.62. The molecule has 6 heteroatoms. The Morgan fingerprint density at radius 2 is 2.10 bits per heavy atom. The highest BCUT2D eigenvalue weighted by molar-refractivity contribution is 9.10. The van der Waals surface area contributed by atoms with Crippen LogP contribution in [-0.2, 0) is 0 Å². The Balaban J connectivity index is 2.00. The summed E-state index contributed by atoms with van der Waals surface area (Å²) in [5.41, 5.74) is 1.91. The fourth-order valence-electron chi connectivity index (χ4n) is 2.08. The number of ether oxygens (including phenoxy) is 1. The maximum atomic E-state index is 12.2. The van der Waals surface area contributed by atoms with Gasteiger partial charge in [-0.15, -0.1) is 0 Å². The average molecular weight is 346 g/mol. The molecule has 0 spiro atoms. The van der Waals surface area contributed by atoms with Gasteiger partial charge in [0.25, 0.3) is 5.91 Å². The molecule has 0 fully saturated rings. The molecule has 0 saturated heterocycles. The van der Waals surface area contributed by atoms with Gasteiger partial charge >= 0.3 is 0 Å². The lowest BCUT2D eigenvalue weighted by Gasteiger charge is -2.07. The number of fused-ring (bicyclic) bond motifs is 1. The Bertz CT molecular complexity index is 799. The van der Waals surface area contributed by atoms with Gasteiger partial charge in [0.15, 0.2) is 0 Å². The normalized spacial score (nSPS) is 10.6. The maximum absolute atomic E-state index is 12.2. The van der Waals surface area contributed by atoms with E-state index < -0.39 is 0 Å². The number of aromatic nitrogens is 2. The maximum Gasteiger partial charge on any atom is 0.255 e. The number of benzene rings is 1. The molecule has 0 unspecified atom stereocenters. The molecule has 21 heavy (non-hydrogen) atoms.